The fourth-order valence-corrected chi connectivity index (χ4v) is 12.0. The molecule has 0 aromatic carbocycles. The monoisotopic (exact) mass is 1040 g/mol. The molecule has 438 valence electrons. The van der Waals surface area contributed by atoms with Crippen molar-refractivity contribution in [2.45, 2.75) is 362 Å². The second kappa shape index (κ2) is 57.1. The molecule has 2 amide bonds. The Balaban J connectivity index is 4.62. The van der Waals surface area contributed by atoms with Gasteiger partial charge in [0, 0.05) is 38.8 Å². The molecule has 8 heteroatoms. The first kappa shape index (κ1) is 71.9. The quantitative estimate of drug-likeness (QED) is 0.0449. The van der Waals surface area contributed by atoms with E-state index in [1.54, 1.807) is 0 Å². The predicted octanol–water partition coefficient (Wildman–Crippen LogP) is 20.2. The molecule has 0 aliphatic carbocycles. The lowest BCUT2D eigenvalue weighted by atomic mass is 9.78. The summed E-state index contributed by atoms with van der Waals surface area (Å²) in [6, 6.07) is 0. The average molecular weight is 1050 g/mol. The Morgan fingerprint density at radius 3 is 0.635 bits per heavy atom. The molecule has 4 atom stereocenters. The van der Waals surface area contributed by atoms with E-state index in [1.165, 1.54) is 257 Å². The first-order valence-electron chi connectivity index (χ1n) is 33.1. The van der Waals surface area contributed by atoms with Gasteiger partial charge >= 0.3 is 11.9 Å². The molecule has 0 radical (unpaired) electrons. The zero-order valence-corrected chi connectivity index (χ0v) is 50.0. The van der Waals surface area contributed by atoms with Crippen molar-refractivity contribution < 1.29 is 29.4 Å². The minimum Gasteiger partial charge on any atom is -0.481 e. The predicted molar refractivity (Wildman–Crippen MR) is 318 cm³/mol. The largest absolute Gasteiger partial charge is 0.481 e. The summed E-state index contributed by atoms with van der Waals surface area (Å²) in [7, 11) is 0. The fourth-order valence-electron chi connectivity index (χ4n) is 12.0. The number of amides is 2. The van der Waals surface area contributed by atoms with Gasteiger partial charge in [-0.1, -0.05) is 310 Å². The summed E-state index contributed by atoms with van der Waals surface area (Å²) in [6.45, 7) is 10.2. The number of nitrogens with one attached hydrogen (secondary N) is 2. The van der Waals surface area contributed by atoms with Crippen LogP contribution in [0.1, 0.15) is 362 Å². The summed E-state index contributed by atoms with van der Waals surface area (Å²) < 4.78 is 0. The summed E-state index contributed by atoms with van der Waals surface area (Å²) in [5.74, 6) is 2.19. The summed E-state index contributed by atoms with van der Waals surface area (Å²) >= 11 is 0. The number of carboxylic acid groups (broad SMARTS) is 2. The Hall–Kier alpha value is -2.12. The maximum Gasteiger partial charge on any atom is 0.303 e. The number of carbonyl (C=O) groups is 4. The SMILES string of the molecule is CCCCCCCC(CCCCCCCC(=O)O)C(CCCCCCC)CCCCCCCC(=O)NCCNC(=O)CCCCCCCC(CCCCCCC)C(CCCCCCC)CCCCCCCC(=O)O. The van der Waals surface area contributed by atoms with Crippen molar-refractivity contribution in [3.8, 4) is 0 Å². The second-order valence-electron chi connectivity index (χ2n) is 23.6. The van der Waals surface area contributed by atoms with Crippen LogP contribution < -0.4 is 10.6 Å². The summed E-state index contributed by atoms with van der Waals surface area (Å²) in [5, 5.41) is 24.1. The molecular weight excluding hydrogens is 917 g/mol. The van der Waals surface area contributed by atoms with Crippen LogP contribution in [-0.4, -0.2) is 47.1 Å². The van der Waals surface area contributed by atoms with Crippen LogP contribution in [0.5, 0.6) is 0 Å². The van der Waals surface area contributed by atoms with Gasteiger partial charge < -0.3 is 20.8 Å². The number of unbranched alkanes of at least 4 members (excludes halogenated alkanes) is 32. The first-order valence-corrected chi connectivity index (χ1v) is 33.1. The van der Waals surface area contributed by atoms with Gasteiger partial charge in [0.15, 0.2) is 0 Å². The van der Waals surface area contributed by atoms with Crippen LogP contribution in [0, 0.1) is 23.7 Å². The lowest BCUT2D eigenvalue weighted by Crippen LogP contribution is -2.34. The van der Waals surface area contributed by atoms with Crippen LogP contribution in [0.25, 0.3) is 0 Å². The van der Waals surface area contributed by atoms with Crippen LogP contribution in [0.3, 0.4) is 0 Å². The molecule has 0 fully saturated rings. The highest BCUT2D eigenvalue weighted by Gasteiger charge is 2.22. The van der Waals surface area contributed by atoms with Gasteiger partial charge in [-0.05, 0) is 49.4 Å². The third kappa shape index (κ3) is 50.7. The van der Waals surface area contributed by atoms with Gasteiger partial charge in [-0.15, -0.1) is 0 Å². The zero-order valence-electron chi connectivity index (χ0n) is 50.0. The van der Waals surface area contributed by atoms with E-state index in [4.69, 9.17) is 10.2 Å². The maximum atomic E-state index is 12.6. The van der Waals surface area contributed by atoms with E-state index in [-0.39, 0.29) is 11.8 Å². The van der Waals surface area contributed by atoms with Gasteiger partial charge in [0.05, 0.1) is 0 Å². The molecule has 74 heavy (non-hydrogen) atoms. The molecule has 4 unspecified atom stereocenters. The van der Waals surface area contributed by atoms with E-state index in [0.29, 0.717) is 38.8 Å². The smallest absolute Gasteiger partial charge is 0.303 e. The van der Waals surface area contributed by atoms with Gasteiger partial charge in [0.25, 0.3) is 0 Å². The van der Waals surface area contributed by atoms with Crippen molar-refractivity contribution in [3.05, 3.63) is 0 Å². The topological polar surface area (TPSA) is 133 Å². The van der Waals surface area contributed by atoms with E-state index in [2.05, 4.69) is 38.3 Å². The second-order valence-corrected chi connectivity index (χ2v) is 23.6. The molecule has 4 N–H and O–H groups in total. The molecule has 0 saturated carbocycles. The van der Waals surface area contributed by atoms with Crippen molar-refractivity contribution >= 4 is 23.8 Å². The number of aliphatic carboxylic acids is 2. The zero-order chi connectivity index (χ0) is 54.2. The van der Waals surface area contributed by atoms with Crippen LogP contribution in [0.15, 0.2) is 0 Å². The van der Waals surface area contributed by atoms with E-state index in [9.17, 15) is 19.2 Å². The van der Waals surface area contributed by atoms with E-state index in [0.717, 1.165) is 75.0 Å². The van der Waals surface area contributed by atoms with Crippen LogP contribution >= 0.6 is 0 Å². The summed E-state index contributed by atoms with van der Waals surface area (Å²) in [6.07, 6.45) is 62.4. The lowest BCUT2D eigenvalue weighted by molar-refractivity contribution is -0.138. The number of hydrogen-bond donors (Lipinski definition) is 4. The van der Waals surface area contributed by atoms with Crippen molar-refractivity contribution in [2.24, 2.45) is 23.7 Å². The molecular formula is C66H128N2O6. The Labute approximate surface area is 460 Å². The number of carboxylic acids is 2. The van der Waals surface area contributed by atoms with Gasteiger partial charge in [0.2, 0.25) is 11.8 Å². The Kier molecular flexibility index (Phi) is 55.4. The van der Waals surface area contributed by atoms with Crippen molar-refractivity contribution in [2.75, 3.05) is 13.1 Å². The number of hydrogen-bond acceptors (Lipinski definition) is 4. The Morgan fingerprint density at radius 2 is 0.432 bits per heavy atom. The lowest BCUT2D eigenvalue weighted by Gasteiger charge is -2.28. The van der Waals surface area contributed by atoms with Gasteiger partial charge in [0.1, 0.15) is 0 Å². The molecule has 0 heterocycles. The summed E-state index contributed by atoms with van der Waals surface area (Å²) in [4.78, 5) is 47.1. The van der Waals surface area contributed by atoms with E-state index in [1.807, 2.05) is 0 Å². The molecule has 0 aromatic heterocycles. The highest BCUT2D eigenvalue weighted by Crippen LogP contribution is 2.35. The fraction of sp³-hybridized carbons (Fsp3) is 0.939. The molecule has 0 aliphatic rings. The first-order chi connectivity index (χ1) is 36.2. The Morgan fingerprint density at radius 1 is 0.257 bits per heavy atom. The molecule has 0 bridgehead atoms. The van der Waals surface area contributed by atoms with Crippen molar-refractivity contribution in [1.29, 1.82) is 0 Å². The number of carbonyl (C=O) groups excluding carboxylic acids is 2. The molecule has 0 spiro atoms. The molecule has 0 saturated heterocycles. The molecule has 0 aliphatic heterocycles. The minimum absolute atomic E-state index is 0.105. The van der Waals surface area contributed by atoms with Crippen LogP contribution in [-0.2, 0) is 19.2 Å². The number of rotatable bonds is 61. The minimum atomic E-state index is -0.667. The van der Waals surface area contributed by atoms with Crippen molar-refractivity contribution in [1.82, 2.24) is 10.6 Å². The van der Waals surface area contributed by atoms with Crippen molar-refractivity contribution in [3.63, 3.8) is 0 Å². The third-order valence-electron chi connectivity index (χ3n) is 16.7. The highest BCUT2D eigenvalue weighted by molar-refractivity contribution is 5.77. The molecule has 0 aromatic rings. The standard InChI is InChI=1S/C66H128N2O6/c1-5-9-13-21-33-45-59(61(47-35-23-15-11-7-3)51-39-27-19-31-43-55-65(71)72)49-37-25-17-29-41-53-63(69)67-57-58-68-64(70)54-42-30-18-26-38-50-60(46-34-22-14-10-6-2)62(48-36-24-16-12-8-4)52-40-28-20-32-44-56-66(73)74/h59-62H,5-58H2,1-4H3,(H,67,69)(H,68,70)(H,71,72)(H,73,74). The average Bonchev–Trinajstić information content (AvgIpc) is 3.38. The Bertz CT molecular complexity index is 1140. The van der Waals surface area contributed by atoms with Gasteiger partial charge in [-0.2, -0.15) is 0 Å². The van der Waals surface area contributed by atoms with E-state index < -0.39 is 11.9 Å². The van der Waals surface area contributed by atoms with Gasteiger partial charge in [-0.3, -0.25) is 19.2 Å². The van der Waals surface area contributed by atoms with Gasteiger partial charge in [-0.25, -0.2) is 0 Å². The summed E-state index contributed by atoms with van der Waals surface area (Å²) in [5.41, 5.74) is 0. The normalized spacial score (nSPS) is 13.2. The van der Waals surface area contributed by atoms with Crippen LogP contribution in [0.4, 0.5) is 0 Å². The highest BCUT2D eigenvalue weighted by atomic mass is 16.4. The third-order valence-corrected chi connectivity index (χ3v) is 16.7. The van der Waals surface area contributed by atoms with E-state index >= 15 is 0 Å². The molecule has 8 nitrogen and oxygen atoms in total. The molecule has 0 rings (SSSR count). The maximum absolute atomic E-state index is 12.6. The van der Waals surface area contributed by atoms with Crippen LogP contribution in [0.2, 0.25) is 0 Å².